The molecule has 0 unspecified atom stereocenters. The Bertz CT molecular complexity index is 683. The number of hydrogen-bond donors (Lipinski definition) is 0. The first-order valence-electron chi connectivity index (χ1n) is 8.13. The number of hydrogen-bond acceptors (Lipinski definition) is 3. The fourth-order valence-corrected chi connectivity index (χ4v) is 3.09. The molecular formula is C17H24N4O. The number of pyridine rings is 1. The molecule has 0 atom stereocenters. The topological polar surface area (TPSA) is 40.9 Å². The maximum absolute atomic E-state index is 13.0. The lowest BCUT2D eigenvalue weighted by atomic mass is 10.2. The van der Waals surface area contributed by atoms with Crippen LogP contribution in [0.5, 0.6) is 0 Å². The third-order valence-electron chi connectivity index (χ3n) is 4.48. The first-order valence-corrected chi connectivity index (χ1v) is 8.13. The molecule has 22 heavy (non-hydrogen) atoms. The Balaban J connectivity index is 1.95. The van der Waals surface area contributed by atoms with Gasteiger partial charge in [0, 0.05) is 32.4 Å². The van der Waals surface area contributed by atoms with Gasteiger partial charge >= 0.3 is 0 Å². The lowest BCUT2D eigenvalue weighted by Gasteiger charge is -2.34. The molecule has 0 aromatic carbocycles. The van der Waals surface area contributed by atoms with Gasteiger partial charge in [-0.2, -0.15) is 0 Å². The van der Waals surface area contributed by atoms with Crippen LogP contribution >= 0.6 is 0 Å². The summed E-state index contributed by atoms with van der Waals surface area (Å²) in [5.41, 5.74) is 3.63. The second kappa shape index (κ2) is 6.08. The lowest BCUT2D eigenvalue weighted by molar-refractivity contribution is 0.0635. The third kappa shape index (κ3) is 2.61. The second-order valence-corrected chi connectivity index (χ2v) is 5.92. The van der Waals surface area contributed by atoms with Crippen molar-refractivity contribution in [2.75, 3.05) is 32.7 Å². The van der Waals surface area contributed by atoms with Crippen LogP contribution in [0, 0.1) is 6.92 Å². The molecule has 0 spiro atoms. The molecule has 1 aliphatic rings. The number of nitrogens with zero attached hydrogens (tertiary/aromatic N) is 4. The van der Waals surface area contributed by atoms with Crippen LogP contribution < -0.4 is 0 Å². The van der Waals surface area contributed by atoms with Gasteiger partial charge in [-0.05, 0) is 31.5 Å². The maximum atomic E-state index is 13.0. The number of carbonyl (C=O) groups is 1. The van der Waals surface area contributed by atoms with Crippen LogP contribution in [0.1, 0.15) is 35.6 Å². The normalized spacial score (nSPS) is 16.4. The van der Waals surface area contributed by atoms with E-state index in [1.165, 1.54) is 0 Å². The number of amides is 1. The van der Waals surface area contributed by atoms with E-state index < -0.39 is 0 Å². The SMILES string of the molecule is CCc1nc2ccc(C)cn2c1C(=O)N1CCN(CC)CC1. The molecule has 1 amide bonds. The van der Waals surface area contributed by atoms with Gasteiger partial charge in [0.1, 0.15) is 11.3 Å². The second-order valence-electron chi connectivity index (χ2n) is 5.92. The van der Waals surface area contributed by atoms with Gasteiger partial charge in [0.25, 0.3) is 5.91 Å². The highest BCUT2D eigenvalue weighted by atomic mass is 16.2. The highest BCUT2D eigenvalue weighted by Crippen LogP contribution is 2.18. The molecule has 5 heteroatoms. The van der Waals surface area contributed by atoms with E-state index in [1.807, 2.05) is 34.6 Å². The first kappa shape index (κ1) is 15.0. The van der Waals surface area contributed by atoms with E-state index in [0.29, 0.717) is 0 Å². The molecule has 1 saturated heterocycles. The largest absolute Gasteiger partial charge is 0.335 e. The summed E-state index contributed by atoms with van der Waals surface area (Å²) in [6.07, 6.45) is 2.79. The minimum Gasteiger partial charge on any atom is -0.335 e. The maximum Gasteiger partial charge on any atom is 0.272 e. The minimum atomic E-state index is 0.116. The highest BCUT2D eigenvalue weighted by Gasteiger charge is 2.26. The molecule has 0 aliphatic carbocycles. The fraction of sp³-hybridized carbons (Fsp3) is 0.529. The van der Waals surface area contributed by atoms with E-state index in [9.17, 15) is 4.79 Å². The van der Waals surface area contributed by atoms with E-state index >= 15 is 0 Å². The number of aromatic nitrogens is 2. The zero-order valence-electron chi connectivity index (χ0n) is 13.7. The zero-order valence-corrected chi connectivity index (χ0v) is 13.7. The molecular weight excluding hydrogens is 276 g/mol. The Morgan fingerprint density at radius 1 is 1.18 bits per heavy atom. The van der Waals surface area contributed by atoms with Crippen LogP contribution in [0.2, 0.25) is 0 Å². The molecule has 1 aliphatic heterocycles. The summed E-state index contributed by atoms with van der Waals surface area (Å²) >= 11 is 0. The Morgan fingerprint density at radius 2 is 1.91 bits per heavy atom. The van der Waals surface area contributed by atoms with Crippen molar-refractivity contribution in [1.82, 2.24) is 19.2 Å². The summed E-state index contributed by atoms with van der Waals surface area (Å²) in [5, 5.41) is 0. The van der Waals surface area contributed by atoms with Crippen molar-refractivity contribution in [3.8, 4) is 0 Å². The number of likely N-dealkylation sites (N-methyl/N-ethyl adjacent to an activating group) is 1. The van der Waals surface area contributed by atoms with Crippen LogP contribution in [-0.4, -0.2) is 57.8 Å². The van der Waals surface area contributed by atoms with Gasteiger partial charge in [-0.1, -0.05) is 19.9 Å². The van der Waals surface area contributed by atoms with Gasteiger partial charge < -0.3 is 9.80 Å². The molecule has 2 aromatic rings. The van der Waals surface area contributed by atoms with Crippen molar-refractivity contribution in [1.29, 1.82) is 0 Å². The summed E-state index contributed by atoms with van der Waals surface area (Å²) in [6.45, 7) is 10.8. The minimum absolute atomic E-state index is 0.116. The third-order valence-corrected chi connectivity index (χ3v) is 4.48. The summed E-state index contributed by atoms with van der Waals surface area (Å²) in [7, 11) is 0. The van der Waals surface area contributed by atoms with E-state index in [-0.39, 0.29) is 5.91 Å². The Hall–Kier alpha value is -1.88. The van der Waals surface area contributed by atoms with E-state index in [1.54, 1.807) is 0 Å². The van der Waals surface area contributed by atoms with Gasteiger partial charge in [0.2, 0.25) is 0 Å². The van der Waals surface area contributed by atoms with Gasteiger partial charge in [-0.25, -0.2) is 4.98 Å². The van der Waals surface area contributed by atoms with Crippen LogP contribution in [0.15, 0.2) is 18.3 Å². The predicted octanol–water partition coefficient (Wildman–Crippen LogP) is 1.98. The average Bonchev–Trinajstić information content (AvgIpc) is 2.92. The molecule has 3 rings (SSSR count). The van der Waals surface area contributed by atoms with Gasteiger partial charge in [-0.15, -0.1) is 0 Å². The van der Waals surface area contributed by atoms with Crippen molar-refractivity contribution in [3.05, 3.63) is 35.3 Å². The van der Waals surface area contributed by atoms with Crippen molar-refractivity contribution in [2.24, 2.45) is 0 Å². The number of imidazole rings is 1. The van der Waals surface area contributed by atoms with Crippen LogP contribution in [0.3, 0.4) is 0 Å². The number of rotatable bonds is 3. The van der Waals surface area contributed by atoms with Crippen LogP contribution in [0.25, 0.3) is 5.65 Å². The molecule has 118 valence electrons. The molecule has 0 radical (unpaired) electrons. The Morgan fingerprint density at radius 3 is 2.55 bits per heavy atom. The number of carbonyl (C=O) groups excluding carboxylic acids is 1. The molecule has 1 fully saturated rings. The molecule has 2 aromatic heterocycles. The van der Waals surface area contributed by atoms with Gasteiger partial charge in [0.15, 0.2) is 0 Å². The van der Waals surface area contributed by atoms with Gasteiger partial charge in [0.05, 0.1) is 5.69 Å². The fourth-order valence-electron chi connectivity index (χ4n) is 3.09. The quantitative estimate of drug-likeness (QED) is 0.870. The lowest BCUT2D eigenvalue weighted by Crippen LogP contribution is -2.48. The van der Waals surface area contributed by atoms with Crippen molar-refractivity contribution < 1.29 is 4.79 Å². The van der Waals surface area contributed by atoms with E-state index in [4.69, 9.17) is 0 Å². The van der Waals surface area contributed by atoms with Gasteiger partial charge in [-0.3, -0.25) is 9.20 Å². The average molecular weight is 300 g/mol. The molecule has 0 N–H and O–H groups in total. The van der Waals surface area contributed by atoms with E-state index in [0.717, 1.165) is 61.7 Å². The zero-order chi connectivity index (χ0) is 15.7. The van der Waals surface area contributed by atoms with Crippen LogP contribution in [0.4, 0.5) is 0 Å². The highest BCUT2D eigenvalue weighted by molar-refractivity contribution is 5.95. The molecule has 0 bridgehead atoms. The van der Waals surface area contributed by atoms with Crippen molar-refractivity contribution >= 4 is 11.6 Å². The molecule has 3 heterocycles. The standard InChI is InChI=1S/C17H24N4O/c1-4-14-16(21-12-13(3)6-7-15(21)18-14)17(22)20-10-8-19(5-2)9-11-20/h6-7,12H,4-5,8-11H2,1-3H3. The summed E-state index contributed by atoms with van der Waals surface area (Å²) < 4.78 is 1.96. The Kier molecular flexibility index (Phi) is 4.16. The Labute approximate surface area is 131 Å². The number of aryl methyl sites for hydroxylation is 2. The molecule has 5 nitrogen and oxygen atoms in total. The predicted molar refractivity (Wildman–Crippen MR) is 87.3 cm³/mol. The first-order chi connectivity index (χ1) is 10.6. The number of piperazine rings is 1. The van der Waals surface area contributed by atoms with Crippen LogP contribution in [-0.2, 0) is 6.42 Å². The summed E-state index contributed by atoms with van der Waals surface area (Å²) in [5.74, 6) is 0.116. The monoisotopic (exact) mass is 300 g/mol. The summed E-state index contributed by atoms with van der Waals surface area (Å²) in [4.78, 5) is 22.0. The summed E-state index contributed by atoms with van der Waals surface area (Å²) in [6, 6.07) is 4.02. The van der Waals surface area contributed by atoms with E-state index in [2.05, 4.69) is 23.7 Å². The van der Waals surface area contributed by atoms with Crippen molar-refractivity contribution in [3.63, 3.8) is 0 Å². The smallest absolute Gasteiger partial charge is 0.272 e. The van der Waals surface area contributed by atoms with Crippen molar-refractivity contribution in [2.45, 2.75) is 27.2 Å². The number of fused-ring (bicyclic) bond motifs is 1. The molecule has 0 saturated carbocycles.